The minimum Gasteiger partial charge on any atom is -0.488 e. The highest BCUT2D eigenvalue weighted by atomic mass is 16.5. The second kappa shape index (κ2) is 9.98. The van der Waals surface area contributed by atoms with Gasteiger partial charge in [0.1, 0.15) is 17.1 Å². The van der Waals surface area contributed by atoms with Crippen LogP contribution in [-0.2, 0) is 16.6 Å². The zero-order valence-electron chi connectivity index (χ0n) is 20.7. The minimum absolute atomic E-state index is 0.130. The molecule has 3 rings (SSSR count). The van der Waals surface area contributed by atoms with Gasteiger partial charge in [-0.15, -0.1) is 0 Å². The summed E-state index contributed by atoms with van der Waals surface area (Å²) in [6.45, 7) is 12.8. The highest BCUT2D eigenvalue weighted by Gasteiger charge is 2.40. The molecule has 5 nitrogen and oxygen atoms in total. The Labute approximate surface area is 197 Å². The molecule has 0 N–H and O–H groups in total. The number of rotatable bonds is 8. The van der Waals surface area contributed by atoms with Gasteiger partial charge in [0.25, 0.3) is 0 Å². The molecule has 0 saturated heterocycles. The Kier molecular flexibility index (Phi) is 7.51. The van der Waals surface area contributed by atoms with Crippen molar-refractivity contribution in [3.05, 3.63) is 58.7 Å². The fourth-order valence-electron chi connectivity index (χ4n) is 4.73. The fraction of sp³-hybridized carbons (Fsp3) is 0.500. The number of fused-ring (bicyclic) bond motifs is 1. The Morgan fingerprint density at radius 3 is 2.30 bits per heavy atom. The average Bonchev–Trinajstić information content (AvgIpc) is 2.72. The molecule has 0 bridgehead atoms. The quantitative estimate of drug-likeness (QED) is 0.255. The van der Waals surface area contributed by atoms with Gasteiger partial charge >= 0.3 is 11.9 Å². The van der Waals surface area contributed by atoms with E-state index in [0.717, 1.165) is 49.0 Å². The fourth-order valence-corrected chi connectivity index (χ4v) is 4.73. The van der Waals surface area contributed by atoms with Crippen LogP contribution >= 0.6 is 0 Å². The third kappa shape index (κ3) is 5.95. The van der Waals surface area contributed by atoms with Gasteiger partial charge in [-0.25, -0.2) is 9.59 Å². The summed E-state index contributed by atoms with van der Waals surface area (Å²) >= 11 is 0. The number of carbonyl (C=O) groups excluding carboxylic acids is 2. The van der Waals surface area contributed by atoms with Gasteiger partial charge in [-0.05, 0) is 87.4 Å². The number of esters is 2. The van der Waals surface area contributed by atoms with Crippen LogP contribution < -0.4 is 9.47 Å². The van der Waals surface area contributed by atoms with Crippen LogP contribution in [0.2, 0.25) is 0 Å². The van der Waals surface area contributed by atoms with Gasteiger partial charge in [-0.3, -0.25) is 0 Å². The molecule has 0 unspecified atom stereocenters. The molecule has 2 aromatic carbocycles. The molecule has 0 aliphatic carbocycles. The van der Waals surface area contributed by atoms with Crippen LogP contribution in [0.1, 0.15) is 99.1 Å². The van der Waals surface area contributed by atoms with Crippen LogP contribution in [0.3, 0.4) is 0 Å². The van der Waals surface area contributed by atoms with Gasteiger partial charge in [-0.1, -0.05) is 33.6 Å². The van der Waals surface area contributed by atoms with Crippen LogP contribution in [-0.4, -0.2) is 24.1 Å². The van der Waals surface area contributed by atoms with E-state index in [1.165, 1.54) is 0 Å². The predicted octanol–water partition coefficient (Wildman–Crippen LogP) is 6.65. The maximum absolute atomic E-state index is 13.3. The molecule has 33 heavy (non-hydrogen) atoms. The lowest BCUT2D eigenvalue weighted by Gasteiger charge is -2.42. The van der Waals surface area contributed by atoms with Gasteiger partial charge in [0.2, 0.25) is 0 Å². The van der Waals surface area contributed by atoms with Gasteiger partial charge in [-0.2, -0.15) is 0 Å². The summed E-state index contributed by atoms with van der Waals surface area (Å²) in [7, 11) is 0. The van der Waals surface area contributed by atoms with Gasteiger partial charge in [0.15, 0.2) is 0 Å². The van der Waals surface area contributed by atoms with Crippen molar-refractivity contribution in [3.63, 3.8) is 0 Å². The highest BCUT2D eigenvalue weighted by Crippen LogP contribution is 2.46. The van der Waals surface area contributed by atoms with Crippen LogP contribution in [0.5, 0.6) is 11.5 Å². The van der Waals surface area contributed by atoms with Crippen molar-refractivity contribution in [2.45, 2.75) is 84.7 Å². The molecule has 0 amide bonds. The van der Waals surface area contributed by atoms with Crippen molar-refractivity contribution >= 4 is 11.9 Å². The first kappa shape index (κ1) is 24.8. The number of benzene rings is 2. The van der Waals surface area contributed by atoms with Gasteiger partial charge in [0.05, 0.1) is 17.7 Å². The van der Waals surface area contributed by atoms with E-state index >= 15 is 0 Å². The summed E-state index contributed by atoms with van der Waals surface area (Å²) in [5.74, 6) is 0.460. The molecule has 5 heteroatoms. The van der Waals surface area contributed by atoms with E-state index in [2.05, 4.69) is 34.6 Å². The first-order valence-corrected chi connectivity index (χ1v) is 11.9. The number of unbranched alkanes of at least 4 members (excludes halogenated alkanes) is 2. The van der Waals surface area contributed by atoms with Crippen LogP contribution in [0, 0.1) is 0 Å². The summed E-state index contributed by atoms with van der Waals surface area (Å²) in [6, 6.07) is 10.4. The molecular formula is C28H36O5. The Balaban J connectivity index is 1.91. The van der Waals surface area contributed by atoms with Gasteiger partial charge < -0.3 is 14.2 Å². The average molecular weight is 453 g/mol. The molecule has 0 spiro atoms. The summed E-state index contributed by atoms with van der Waals surface area (Å²) in [6.07, 6.45) is 4.84. The summed E-state index contributed by atoms with van der Waals surface area (Å²) in [5, 5.41) is 0. The van der Waals surface area contributed by atoms with E-state index in [1.54, 1.807) is 31.2 Å². The molecule has 178 valence electrons. The van der Waals surface area contributed by atoms with E-state index in [9.17, 15) is 9.59 Å². The zero-order valence-corrected chi connectivity index (χ0v) is 20.7. The predicted molar refractivity (Wildman–Crippen MR) is 129 cm³/mol. The van der Waals surface area contributed by atoms with E-state index in [-0.39, 0.29) is 11.0 Å². The van der Waals surface area contributed by atoms with E-state index in [1.807, 2.05) is 12.1 Å². The SMILES string of the molecule is CCCCCc1cc2c(cc1C(=O)Oc1ccc(C(=O)OCC)cc1)C(C)(C)CC(C)(C)O2. The third-order valence-electron chi connectivity index (χ3n) is 6.03. The lowest BCUT2D eigenvalue weighted by Crippen LogP contribution is -2.41. The van der Waals surface area contributed by atoms with Crippen molar-refractivity contribution in [1.82, 2.24) is 0 Å². The Hall–Kier alpha value is -2.82. The summed E-state index contributed by atoms with van der Waals surface area (Å²) < 4.78 is 17.0. The topological polar surface area (TPSA) is 61.8 Å². The van der Waals surface area contributed by atoms with Crippen molar-refractivity contribution in [2.24, 2.45) is 0 Å². The molecule has 0 saturated carbocycles. The van der Waals surface area contributed by atoms with Crippen molar-refractivity contribution in [2.75, 3.05) is 6.61 Å². The maximum Gasteiger partial charge on any atom is 0.343 e. The van der Waals surface area contributed by atoms with Crippen LogP contribution in [0.4, 0.5) is 0 Å². The summed E-state index contributed by atoms with van der Waals surface area (Å²) in [4.78, 5) is 25.1. The second-order valence-corrected chi connectivity index (χ2v) is 10.0. The smallest absolute Gasteiger partial charge is 0.343 e. The lowest BCUT2D eigenvalue weighted by atomic mass is 9.73. The standard InChI is InChI=1S/C28H36O5/c1-7-9-10-11-20-16-24-23(27(3,4)18-28(5,6)33-24)17-22(20)26(30)32-21-14-12-19(13-15-21)25(29)31-8-2/h12-17H,7-11,18H2,1-6H3. The molecule has 1 aliphatic rings. The Bertz CT molecular complexity index is 1000. The third-order valence-corrected chi connectivity index (χ3v) is 6.03. The molecule has 1 aliphatic heterocycles. The first-order valence-electron chi connectivity index (χ1n) is 11.9. The molecule has 1 heterocycles. The lowest BCUT2D eigenvalue weighted by molar-refractivity contribution is 0.0521. The van der Waals surface area contributed by atoms with Crippen molar-refractivity contribution < 1.29 is 23.8 Å². The molecule has 0 radical (unpaired) electrons. The number of carbonyl (C=O) groups is 2. The Morgan fingerprint density at radius 1 is 0.970 bits per heavy atom. The number of hydrogen-bond donors (Lipinski definition) is 0. The van der Waals surface area contributed by atoms with Crippen molar-refractivity contribution in [1.29, 1.82) is 0 Å². The minimum atomic E-state index is -0.395. The van der Waals surface area contributed by atoms with Crippen LogP contribution in [0.15, 0.2) is 36.4 Å². The molecule has 0 fully saturated rings. The normalized spacial score (nSPS) is 15.8. The highest BCUT2D eigenvalue weighted by molar-refractivity contribution is 5.94. The molecule has 0 aromatic heterocycles. The number of hydrogen-bond acceptors (Lipinski definition) is 5. The maximum atomic E-state index is 13.3. The largest absolute Gasteiger partial charge is 0.488 e. The van der Waals surface area contributed by atoms with E-state index in [0.29, 0.717) is 23.5 Å². The summed E-state index contributed by atoms with van der Waals surface area (Å²) in [5.41, 5.74) is 2.59. The van der Waals surface area contributed by atoms with Crippen LogP contribution in [0.25, 0.3) is 0 Å². The molecule has 0 atom stereocenters. The zero-order chi connectivity index (χ0) is 24.2. The van der Waals surface area contributed by atoms with Gasteiger partial charge in [0, 0.05) is 5.56 Å². The molecule has 2 aromatic rings. The Morgan fingerprint density at radius 2 is 1.67 bits per heavy atom. The monoisotopic (exact) mass is 452 g/mol. The number of ether oxygens (including phenoxy) is 3. The second-order valence-electron chi connectivity index (χ2n) is 10.0. The molecular weight excluding hydrogens is 416 g/mol. The van der Waals surface area contributed by atoms with E-state index < -0.39 is 11.9 Å². The first-order chi connectivity index (χ1) is 15.6. The van der Waals surface area contributed by atoms with E-state index in [4.69, 9.17) is 14.2 Å². The number of aryl methyl sites for hydroxylation is 1. The van der Waals surface area contributed by atoms with Crippen molar-refractivity contribution in [3.8, 4) is 11.5 Å².